The van der Waals surface area contributed by atoms with Crippen LogP contribution in [0.1, 0.15) is 38.1 Å². The van der Waals surface area contributed by atoms with Crippen LogP contribution in [0.2, 0.25) is 0 Å². The van der Waals surface area contributed by atoms with E-state index in [1.54, 1.807) is 0 Å². The van der Waals surface area contributed by atoms with E-state index in [1.807, 2.05) is 12.4 Å². The minimum absolute atomic E-state index is 0.247. The molecule has 1 saturated carbocycles. The van der Waals surface area contributed by atoms with Crippen molar-refractivity contribution in [2.24, 2.45) is 11.8 Å². The van der Waals surface area contributed by atoms with Gasteiger partial charge in [0.1, 0.15) is 5.82 Å². The summed E-state index contributed by atoms with van der Waals surface area (Å²) >= 11 is 0. The molecule has 1 aliphatic carbocycles. The van der Waals surface area contributed by atoms with Crippen LogP contribution in [0.5, 0.6) is 0 Å². The molecule has 0 radical (unpaired) electrons. The summed E-state index contributed by atoms with van der Waals surface area (Å²) in [6.07, 6.45) is 7.57. The highest BCUT2D eigenvalue weighted by molar-refractivity contribution is 5.04. The molecule has 1 unspecified atom stereocenters. The molecular weight excluding hydrogens is 176 g/mol. The van der Waals surface area contributed by atoms with Crippen LogP contribution in [0.15, 0.2) is 12.4 Å². The second-order valence-electron chi connectivity index (χ2n) is 3.96. The van der Waals surface area contributed by atoms with Gasteiger partial charge in [-0.2, -0.15) is 0 Å². The highest BCUT2D eigenvalue weighted by Crippen LogP contribution is 2.39. The number of rotatable bonds is 5. The quantitative estimate of drug-likeness (QED) is 0.547. The highest BCUT2D eigenvalue weighted by atomic mass is 15.3. The van der Waals surface area contributed by atoms with E-state index in [9.17, 15) is 0 Å². The minimum Gasteiger partial charge on any atom is -0.334 e. The largest absolute Gasteiger partial charge is 0.334 e. The molecule has 78 valence electrons. The van der Waals surface area contributed by atoms with Gasteiger partial charge in [0.15, 0.2) is 0 Å². The van der Waals surface area contributed by atoms with Crippen molar-refractivity contribution in [3.63, 3.8) is 0 Å². The molecule has 1 atom stereocenters. The molecule has 0 aromatic carbocycles. The summed E-state index contributed by atoms with van der Waals surface area (Å²) in [5, 5.41) is 0. The van der Waals surface area contributed by atoms with Crippen molar-refractivity contribution < 1.29 is 0 Å². The van der Waals surface area contributed by atoms with Crippen LogP contribution < -0.4 is 11.3 Å². The van der Waals surface area contributed by atoms with Crippen molar-refractivity contribution in [2.45, 2.75) is 38.8 Å². The molecule has 1 aromatic heterocycles. The van der Waals surface area contributed by atoms with Gasteiger partial charge in [0, 0.05) is 18.9 Å². The minimum atomic E-state index is 0.247. The number of imidazole rings is 1. The molecule has 2 rings (SSSR count). The number of aromatic nitrogens is 2. The summed E-state index contributed by atoms with van der Waals surface area (Å²) in [5.41, 5.74) is 2.88. The van der Waals surface area contributed by atoms with Crippen LogP contribution in [0.4, 0.5) is 0 Å². The first-order valence-electron chi connectivity index (χ1n) is 5.34. The second kappa shape index (κ2) is 4.11. The van der Waals surface area contributed by atoms with Crippen molar-refractivity contribution in [1.82, 2.24) is 15.0 Å². The van der Waals surface area contributed by atoms with Crippen LogP contribution in [-0.4, -0.2) is 9.55 Å². The van der Waals surface area contributed by atoms with Crippen molar-refractivity contribution in [1.29, 1.82) is 0 Å². The maximum Gasteiger partial charge on any atom is 0.127 e. The summed E-state index contributed by atoms with van der Waals surface area (Å²) in [4.78, 5) is 4.39. The zero-order valence-electron chi connectivity index (χ0n) is 8.61. The third-order valence-corrected chi connectivity index (χ3v) is 2.76. The average Bonchev–Trinajstić information content (AvgIpc) is 2.91. The van der Waals surface area contributed by atoms with Gasteiger partial charge >= 0.3 is 0 Å². The number of aryl methyl sites for hydroxylation is 1. The van der Waals surface area contributed by atoms with E-state index < -0.39 is 0 Å². The van der Waals surface area contributed by atoms with Crippen molar-refractivity contribution in [3.8, 4) is 0 Å². The van der Waals surface area contributed by atoms with Crippen molar-refractivity contribution >= 4 is 0 Å². The van der Waals surface area contributed by atoms with Gasteiger partial charge < -0.3 is 4.57 Å². The fraction of sp³-hybridized carbons (Fsp3) is 0.700. The first-order valence-corrected chi connectivity index (χ1v) is 5.34. The zero-order chi connectivity index (χ0) is 9.97. The molecule has 0 bridgehead atoms. The predicted molar refractivity (Wildman–Crippen MR) is 55.3 cm³/mol. The number of hydrogen-bond acceptors (Lipinski definition) is 3. The Morgan fingerprint density at radius 2 is 2.50 bits per heavy atom. The number of nitrogens with zero attached hydrogens (tertiary/aromatic N) is 2. The molecule has 0 spiro atoms. The predicted octanol–water partition coefficient (Wildman–Crippen LogP) is 1.21. The smallest absolute Gasteiger partial charge is 0.127 e. The monoisotopic (exact) mass is 194 g/mol. The lowest BCUT2D eigenvalue weighted by atomic mass is 10.2. The number of nitrogens with one attached hydrogen (secondary N) is 1. The van der Waals surface area contributed by atoms with E-state index in [1.165, 1.54) is 12.8 Å². The van der Waals surface area contributed by atoms with E-state index >= 15 is 0 Å². The topological polar surface area (TPSA) is 55.9 Å². The third kappa shape index (κ3) is 1.81. The average molecular weight is 194 g/mol. The molecule has 14 heavy (non-hydrogen) atoms. The molecule has 0 amide bonds. The van der Waals surface area contributed by atoms with Crippen LogP contribution in [-0.2, 0) is 6.54 Å². The van der Waals surface area contributed by atoms with Gasteiger partial charge in [-0.3, -0.25) is 5.84 Å². The van der Waals surface area contributed by atoms with Gasteiger partial charge in [-0.15, -0.1) is 0 Å². The summed E-state index contributed by atoms with van der Waals surface area (Å²) in [5.74, 6) is 7.35. The van der Waals surface area contributed by atoms with Crippen LogP contribution in [0, 0.1) is 5.92 Å². The van der Waals surface area contributed by atoms with Crippen molar-refractivity contribution in [3.05, 3.63) is 18.2 Å². The van der Waals surface area contributed by atoms with Gasteiger partial charge in [0.05, 0.1) is 6.04 Å². The third-order valence-electron chi connectivity index (χ3n) is 2.76. The maximum absolute atomic E-state index is 5.57. The zero-order valence-corrected chi connectivity index (χ0v) is 8.61. The van der Waals surface area contributed by atoms with E-state index in [0.29, 0.717) is 5.92 Å². The molecule has 1 aliphatic rings. The van der Waals surface area contributed by atoms with Gasteiger partial charge in [-0.05, 0) is 25.2 Å². The van der Waals surface area contributed by atoms with E-state index in [2.05, 4.69) is 21.9 Å². The highest BCUT2D eigenvalue weighted by Gasteiger charge is 2.33. The lowest BCUT2D eigenvalue weighted by molar-refractivity contribution is 0.446. The Hall–Kier alpha value is -0.870. The van der Waals surface area contributed by atoms with Gasteiger partial charge in [0.25, 0.3) is 0 Å². The number of hydrogen-bond donors (Lipinski definition) is 2. The Kier molecular flexibility index (Phi) is 2.84. The fourth-order valence-electron chi connectivity index (χ4n) is 1.88. The Morgan fingerprint density at radius 3 is 3.07 bits per heavy atom. The maximum atomic E-state index is 5.57. The molecule has 1 aromatic rings. The normalized spacial score (nSPS) is 18.4. The summed E-state index contributed by atoms with van der Waals surface area (Å²) in [6, 6.07) is 0.247. The van der Waals surface area contributed by atoms with Crippen LogP contribution in [0.25, 0.3) is 0 Å². The molecule has 3 N–H and O–H groups in total. The van der Waals surface area contributed by atoms with Crippen LogP contribution >= 0.6 is 0 Å². The first kappa shape index (κ1) is 9.68. The fourth-order valence-corrected chi connectivity index (χ4v) is 1.88. The lowest BCUT2D eigenvalue weighted by Crippen LogP contribution is -2.31. The summed E-state index contributed by atoms with van der Waals surface area (Å²) in [6.45, 7) is 3.20. The Balaban J connectivity index is 2.15. The first-order chi connectivity index (χ1) is 6.86. The second-order valence-corrected chi connectivity index (χ2v) is 3.96. The van der Waals surface area contributed by atoms with E-state index in [4.69, 9.17) is 5.84 Å². The lowest BCUT2D eigenvalue weighted by Gasteiger charge is -2.16. The molecular formula is C10H18N4. The molecule has 1 fully saturated rings. The molecule has 1 heterocycles. The van der Waals surface area contributed by atoms with E-state index in [0.717, 1.165) is 18.8 Å². The Bertz CT molecular complexity index is 290. The SMILES string of the molecule is CCCn1ccnc1C(NN)C1CC1. The number of nitrogens with two attached hydrogens (primary N) is 1. The Morgan fingerprint density at radius 1 is 1.71 bits per heavy atom. The molecule has 0 aliphatic heterocycles. The van der Waals surface area contributed by atoms with Gasteiger partial charge in [-0.1, -0.05) is 6.92 Å². The Labute approximate surface area is 84.5 Å². The van der Waals surface area contributed by atoms with Gasteiger partial charge in [-0.25, -0.2) is 10.4 Å². The molecule has 0 saturated heterocycles. The van der Waals surface area contributed by atoms with Crippen LogP contribution in [0.3, 0.4) is 0 Å². The van der Waals surface area contributed by atoms with Crippen molar-refractivity contribution in [2.75, 3.05) is 0 Å². The summed E-state index contributed by atoms with van der Waals surface area (Å²) < 4.78 is 2.20. The summed E-state index contributed by atoms with van der Waals surface area (Å²) in [7, 11) is 0. The molecule has 4 nitrogen and oxygen atoms in total. The number of hydrazine groups is 1. The van der Waals surface area contributed by atoms with E-state index in [-0.39, 0.29) is 6.04 Å². The standard InChI is InChI=1S/C10H18N4/c1-2-6-14-7-5-12-10(14)9(13-11)8-3-4-8/h5,7-9,13H,2-4,6,11H2,1H3. The molecule has 4 heteroatoms. The van der Waals surface area contributed by atoms with Gasteiger partial charge in [0.2, 0.25) is 0 Å².